The maximum Gasteiger partial charge on any atom is 0.166 e. The molecule has 4 heteroatoms. The van der Waals surface area contributed by atoms with E-state index in [9.17, 15) is 4.39 Å². The standard InChI is InChI=1S/C16H16FNOS/c1-10(2)11-3-6-13(7-4-11)19-15-8-5-12(16(18)20)9-14(15)17/h3-10H,1-2H3,(H2,18,20). The molecule has 0 saturated heterocycles. The minimum Gasteiger partial charge on any atom is -0.454 e. The number of hydrogen-bond donors (Lipinski definition) is 1. The summed E-state index contributed by atoms with van der Waals surface area (Å²) < 4.78 is 19.4. The van der Waals surface area contributed by atoms with E-state index in [1.807, 2.05) is 24.3 Å². The first-order valence-corrected chi connectivity index (χ1v) is 6.75. The fraction of sp³-hybridized carbons (Fsp3) is 0.188. The lowest BCUT2D eigenvalue weighted by Gasteiger charge is -2.10. The van der Waals surface area contributed by atoms with Crippen molar-refractivity contribution in [1.82, 2.24) is 0 Å². The van der Waals surface area contributed by atoms with Gasteiger partial charge in [0, 0.05) is 5.56 Å². The molecule has 0 aliphatic heterocycles. The molecule has 2 aromatic carbocycles. The van der Waals surface area contributed by atoms with Gasteiger partial charge in [-0.25, -0.2) is 4.39 Å². The predicted octanol–water partition coefficient (Wildman–Crippen LogP) is 4.38. The molecule has 0 radical (unpaired) electrons. The van der Waals surface area contributed by atoms with Crippen molar-refractivity contribution in [3.8, 4) is 11.5 Å². The Kier molecular flexibility index (Phi) is 4.35. The summed E-state index contributed by atoms with van der Waals surface area (Å²) in [5.41, 5.74) is 7.15. The number of hydrogen-bond acceptors (Lipinski definition) is 2. The summed E-state index contributed by atoms with van der Waals surface area (Å²) in [6.07, 6.45) is 0. The molecule has 0 aromatic heterocycles. The maximum absolute atomic E-state index is 13.9. The van der Waals surface area contributed by atoms with Crippen molar-refractivity contribution >= 4 is 17.2 Å². The molecule has 2 aromatic rings. The van der Waals surface area contributed by atoms with Crippen LogP contribution < -0.4 is 10.5 Å². The summed E-state index contributed by atoms with van der Waals surface area (Å²) >= 11 is 4.80. The number of halogens is 1. The molecular formula is C16H16FNOS. The van der Waals surface area contributed by atoms with E-state index in [0.717, 1.165) is 0 Å². The maximum atomic E-state index is 13.9. The molecule has 0 aliphatic carbocycles. The van der Waals surface area contributed by atoms with Crippen molar-refractivity contribution in [3.05, 3.63) is 59.4 Å². The van der Waals surface area contributed by atoms with Gasteiger partial charge in [-0.1, -0.05) is 38.2 Å². The number of benzene rings is 2. The highest BCUT2D eigenvalue weighted by molar-refractivity contribution is 7.80. The quantitative estimate of drug-likeness (QED) is 0.849. The largest absolute Gasteiger partial charge is 0.454 e. The molecule has 20 heavy (non-hydrogen) atoms. The molecule has 2 nitrogen and oxygen atoms in total. The van der Waals surface area contributed by atoms with Gasteiger partial charge < -0.3 is 10.5 Å². The third kappa shape index (κ3) is 3.33. The number of rotatable bonds is 4. The molecule has 0 fully saturated rings. The fourth-order valence-corrected chi connectivity index (χ4v) is 1.91. The Morgan fingerprint density at radius 2 is 1.80 bits per heavy atom. The van der Waals surface area contributed by atoms with E-state index in [-0.39, 0.29) is 10.7 Å². The summed E-state index contributed by atoms with van der Waals surface area (Å²) in [5, 5.41) is 0. The van der Waals surface area contributed by atoms with Gasteiger partial charge in [-0.15, -0.1) is 0 Å². The Labute approximate surface area is 123 Å². The molecule has 0 amide bonds. The van der Waals surface area contributed by atoms with E-state index in [1.165, 1.54) is 17.7 Å². The van der Waals surface area contributed by atoms with Crippen LogP contribution in [0.3, 0.4) is 0 Å². The molecule has 0 aliphatic rings. The Morgan fingerprint density at radius 1 is 1.15 bits per heavy atom. The first-order chi connectivity index (χ1) is 9.47. The molecule has 2 rings (SSSR count). The molecular weight excluding hydrogens is 273 g/mol. The van der Waals surface area contributed by atoms with Crippen LogP contribution in [0.15, 0.2) is 42.5 Å². The third-order valence-corrected chi connectivity index (χ3v) is 3.23. The van der Waals surface area contributed by atoms with Crippen LogP contribution in [-0.4, -0.2) is 4.99 Å². The van der Waals surface area contributed by atoms with E-state index in [0.29, 0.717) is 17.2 Å². The number of nitrogens with two attached hydrogens (primary N) is 1. The van der Waals surface area contributed by atoms with Gasteiger partial charge in [0.2, 0.25) is 0 Å². The fourth-order valence-electron chi connectivity index (χ4n) is 1.78. The lowest BCUT2D eigenvalue weighted by molar-refractivity contribution is 0.442. The summed E-state index contributed by atoms with van der Waals surface area (Å²) in [6, 6.07) is 12.1. The van der Waals surface area contributed by atoms with E-state index in [4.69, 9.17) is 22.7 Å². The van der Waals surface area contributed by atoms with Crippen LogP contribution in [0.1, 0.15) is 30.9 Å². The molecule has 104 valence electrons. The van der Waals surface area contributed by atoms with Gasteiger partial charge in [-0.3, -0.25) is 0 Å². The van der Waals surface area contributed by atoms with E-state index < -0.39 is 5.82 Å². The molecule has 0 saturated carbocycles. The smallest absolute Gasteiger partial charge is 0.166 e. The molecule has 0 bridgehead atoms. The summed E-state index contributed by atoms with van der Waals surface area (Å²) in [6.45, 7) is 4.23. The average molecular weight is 289 g/mol. The zero-order valence-electron chi connectivity index (χ0n) is 11.4. The molecule has 2 N–H and O–H groups in total. The van der Waals surface area contributed by atoms with Gasteiger partial charge in [-0.2, -0.15) is 0 Å². The topological polar surface area (TPSA) is 35.2 Å². The highest BCUT2D eigenvalue weighted by Gasteiger charge is 2.08. The minimum absolute atomic E-state index is 0.155. The zero-order chi connectivity index (χ0) is 14.7. The monoisotopic (exact) mass is 289 g/mol. The van der Waals surface area contributed by atoms with Crippen LogP contribution in [-0.2, 0) is 0 Å². The van der Waals surface area contributed by atoms with Crippen molar-refractivity contribution in [2.45, 2.75) is 19.8 Å². The Bertz CT molecular complexity index is 623. The van der Waals surface area contributed by atoms with Crippen molar-refractivity contribution < 1.29 is 9.13 Å². The first kappa shape index (κ1) is 14.5. The van der Waals surface area contributed by atoms with Crippen molar-refractivity contribution in [3.63, 3.8) is 0 Å². The van der Waals surface area contributed by atoms with E-state index in [2.05, 4.69) is 13.8 Å². The minimum atomic E-state index is -0.483. The van der Waals surface area contributed by atoms with Gasteiger partial charge in [-0.05, 0) is 41.8 Å². The molecule has 0 spiro atoms. The highest BCUT2D eigenvalue weighted by Crippen LogP contribution is 2.26. The van der Waals surface area contributed by atoms with Gasteiger partial charge in [0.05, 0.1) is 0 Å². The van der Waals surface area contributed by atoms with Crippen LogP contribution in [0.25, 0.3) is 0 Å². The second kappa shape index (κ2) is 6.01. The second-order valence-electron chi connectivity index (χ2n) is 4.84. The number of ether oxygens (including phenoxy) is 1. The van der Waals surface area contributed by atoms with Crippen LogP contribution in [0, 0.1) is 5.82 Å². The highest BCUT2D eigenvalue weighted by atomic mass is 32.1. The normalized spacial score (nSPS) is 10.6. The van der Waals surface area contributed by atoms with Gasteiger partial charge >= 0.3 is 0 Å². The number of thiocarbonyl (C=S) groups is 1. The first-order valence-electron chi connectivity index (χ1n) is 6.34. The molecule has 0 atom stereocenters. The van der Waals surface area contributed by atoms with Crippen molar-refractivity contribution in [2.75, 3.05) is 0 Å². The summed E-state index contributed by atoms with van der Waals surface area (Å²) in [5.74, 6) is 0.715. The lowest BCUT2D eigenvalue weighted by atomic mass is 10.0. The predicted molar refractivity (Wildman–Crippen MR) is 82.9 cm³/mol. The van der Waals surface area contributed by atoms with Crippen molar-refractivity contribution in [2.24, 2.45) is 5.73 Å². The second-order valence-corrected chi connectivity index (χ2v) is 5.28. The van der Waals surface area contributed by atoms with E-state index in [1.54, 1.807) is 6.07 Å². The third-order valence-electron chi connectivity index (χ3n) is 2.99. The van der Waals surface area contributed by atoms with E-state index >= 15 is 0 Å². The van der Waals surface area contributed by atoms with Gasteiger partial charge in [0.25, 0.3) is 0 Å². The average Bonchev–Trinajstić information content (AvgIpc) is 2.41. The summed E-state index contributed by atoms with van der Waals surface area (Å²) in [4.78, 5) is 0.164. The Hall–Kier alpha value is -1.94. The molecule has 0 unspecified atom stereocenters. The Balaban J connectivity index is 2.19. The molecule has 0 heterocycles. The van der Waals surface area contributed by atoms with Crippen molar-refractivity contribution in [1.29, 1.82) is 0 Å². The Morgan fingerprint density at radius 3 is 2.30 bits per heavy atom. The van der Waals surface area contributed by atoms with Gasteiger partial charge in [0.1, 0.15) is 10.7 Å². The summed E-state index contributed by atoms with van der Waals surface area (Å²) in [7, 11) is 0. The van der Waals surface area contributed by atoms with Crippen LogP contribution >= 0.6 is 12.2 Å². The zero-order valence-corrected chi connectivity index (χ0v) is 12.2. The van der Waals surface area contributed by atoms with Crippen LogP contribution in [0.2, 0.25) is 0 Å². The SMILES string of the molecule is CC(C)c1ccc(Oc2ccc(C(N)=S)cc2F)cc1. The van der Waals surface area contributed by atoms with Crippen LogP contribution in [0.5, 0.6) is 11.5 Å². The van der Waals surface area contributed by atoms with Gasteiger partial charge in [0.15, 0.2) is 11.6 Å². The van der Waals surface area contributed by atoms with Crippen LogP contribution in [0.4, 0.5) is 4.39 Å². The lowest BCUT2D eigenvalue weighted by Crippen LogP contribution is -2.09.